The largest absolute Gasteiger partial charge is 0.496 e. The van der Waals surface area contributed by atoms with Gasteiger partial charge in [0.1, 0.15) is 5.75 Å². The van der Waals surface area contributed by atoms with Gasteiger partial charge in [-0.3, -0.25) is 0 Å². The molecule has 0 atom stereocenters. The molecule has 0 fully saturated rings. The van der Waals surface area contributed by atoms with Crippen molar-refractivity contribution in [2.45, 2.75) is 12.7 Å². The topological polar surface area (TPSA) is 72.0 Å². The lowest BCUT2D eigenvalue weighted by atomic mass is 10.2. The van der Waals surface area contributed by atoms with Gasteiger partial charge in [0, 0.05) is 17.8 Å². The van der Waals surface area contributed by atoms with E-state index in [1.54, 1.807) is 7.11 Å². The second kappa shape index (κ2) is 7.90. The maximum atomic E-state index is 12.8. The van der Waals surface area contributed by atoms with Gasteiger partial charge >= 0.3 is 6.18 Å². The molecule has 2 N–H and O–H groups in total. The fourth-order valence-electron chi connectivity index (χ4n) is 2.38. The summed E-state index contributed by atoms with van der Waals surface area (Å²) in [5.41, 5.74) is 0.407. The molecule has 1 heterocycles. The summed E-state index contributed by atoms with van der Waals surface area (Å²) in [4.78, 5) is 4.21. The van der Waals surface area contributed by atoms with E-state index in [2.05, 4.69) is 25.8 Å². The third-order valence-corrected chi connectivity index (χ3v) is 3.65. The summed E-state index contributed by atoms with van der Waals surface area (Å²) in [6, 6.07) is 12.3. The van der Waals surface area contributed by atoms with Gasteiger partial charge in [0.15, 0.2) is 5.82 Å². The van der Waals surface area contributed by atoms with E-state index in [1.165, 1.54) is 18.3 Å². The van der Waals surface area contributed by atoms with E-state index in [0.29, 0.717) is 6.54 Å². The minimum absolute atomic E-state index is 0.234. The van der Waals surface area contributed by atoms with Crippen LogP contribution >= 0.6 is 0 Å². The van der Waals surface area contributed by atoms with E-state index in [-0.39, 0.29) is 17.5 Å². The molecule has 3 aromatic rings. The summed E-state index contributed by atoms with van der Waals surface area (Å²) in [7, 11) is 1.58. The monoisotopic (exact) mass is 375 g/mol. The molecule has 3 rings (SSSR count). The number of rotatable bonds is 6. The van der Waals surface area contributed by atoms with Crippen LogP contribution in [0.4, 0.5) is 30.6 Å². The van der Waals surface area contributed by atoms with Crippen molar-refractivity contribution in [2.24, 2.45) is 0 Å². The first-order valence-corrected chi connectivity index (χ1v) is 7.95. The van der Waals surface area contributed by atoms with Gasteiger partial charge in [0.05, 0.1) is 18.9 Å². The van der Waals surface area contributed by atoms with Gasteiger partial charge < -0.3 is 15.4 Å². The fourth-order valence-corrected chi connectivity index (χ4v) is 2.38. The lowest BCUT2D eigenvalue weighted by molar-refractivity contribution is -0.137. The van der Waals surface area contributed by atoms with Crippen LogP contribution in [-0.4, -0.2) is 22.3 Å². The number of alkyl halides is 3. The van der Waals surface area contributed by atoms with Crippen LogP contribution in [0.25, 0.3) is 0 Å². The molecule has 0 unspecified atom stereocenters. The number of hydrogen-bond donors (Lipinski definition) is 2. The first-order chi connectivity index (χ1) is 13.0. The van der Waals surface area contributed by atoms with Crippen LogP contribution in [0.5, 0.6) is 5.75 Å². The number of nitrogens with zero attached hydrogens (tertiary/aromatic N) is 3. The maximum absolute atomic E-state index is 12.8. The molecule has 2 aromatic carbocycles. The Morgan fingerprint density at radius 1 is 1.07 bits per heavy atom. The first-order valence-electron chi connectivity index (χ1n) is 7.95. The van der Waals surface area contributed by atoms with E-state index in [0.717, 1.165) is 23.4 Å². The third-order valence-electron chi connectivity index (χ3n) is 3.65. The third kappa shape index (κ3) is 4.84. The highest BCUT2D eigenvalue weighted by molar-refractivity contribution is 5.57. The van der Waals surface area contributed by atoms with E-state index >= 15 is 0 Å². The highest BCUT2D eigenvalue weighted by atomic mass is 19.4. The molecule has 0 bridgehead atoms. The molecule has 0 spiro atoms. The number of halogens is 3. The van der Waals surface area contributed by atoms with Gasteiger partial charge in [-0.25, -0.2) is 0 Å². The fraction of sp³-hybridized carbons (Fsp3) is 0.167. The SMILES string of the molecule is COc1ccccc1CNc1nncc(Nc2cccc(C(F)(F)F)c2)n1. The number of aromatic nitrogens is 3. The summed E-state index contributed by atoms with van der Waals surface area (Å²) in [6.45, 7) is 0.401. The minimum atomic E-state index is -4.41. The van der Waals surface area contributed by atoms with Gasteiger partial charge in [0.25, 0.3) is 0 Å². The molecule has 0 aliphatic heterocycles. The van der Waals surface area contributed by atoms with Crippen LogP contribution in [0.15, 0.2) is 54.7 Å². The predicted octanol–water partition coefficient (Wildman–Crippen LogP) is 4.25. The van der Waals surface area contributed by atoms with Gasteiger partial charge in [-0.2, -0.15) is 23.3 Å². The van der Waals surface area contributed by atoms with Crippen molar-refractivity contribution in [3.8, 4) is 5.75 Å². The number of benzene rings is 2. The molecule has 27 heavy (non-hydrogen) atoms. The number of nitrogens with one attached hydrogen (secondary N) is 2. The van der Waals surface area contributed by atoms with E-state index < -0.39 is 11.7 Å². The first kappa shape index (κ1) is 18.4. The van der Waals surface area contributed by atoms with Gasteiger partial charge in [-0.1, -0.05) is 24.3 Å². The van der Waals surface area contributed by atoms with Crippen molar-refractivity contribution in [3.05, 3.63) is 65.9 Å². The number of anilines is 3. The lowest BCUT2D eigenvalue weighted by Crippen LogP contribution is -2.08. The highest BCUT2D eigenvalue weighted by Crippen LogP contribution is 2.31. The van der Waals surface area contributed by atoms with E-state index in [4.69, 9.17) is 4.74 Å². The van der Waals surface area contributed by atoms with E-state index in [1.807, 2.05) is 24.3 Å². The Kier molecular flexibility index (Phi) is 5.39. The van der Waals surface area contributed by atoms with Crippen LogP contribution in [-0.2, 0) is 12.7 Å². The van der Waals surface area contributed by atoms with Crippen molar-refractivity contribution < 1.29 is 17.9 Å². The smallest absolute Gasteiger partial charge is 0.416 e. The number of hydrogen-bond acceptors (Lipinski definition) is 6. The zero-order chi connectivity index (χ0) is 19.3. The van der Waals surface area contributed by atoms with E-state index in [9.17, 15) is 13.2 Å². The van der Waals surface area contributed by atoms with Crippen molar-refractivity contribution in [3.63, 3.8) is 0 Å². The van der Waals surface area contributed by atoms with Crippen LogP contribution < -0.4 is 15.4 Å². The van der Waals surface area contributed by atoms with Crippen LogP contribution in [0.3, 0.4) is 0 Å². The number of para-hydroxylation sites is 1. The Morgan fingerprint density at radius 3 is 2.67 bits per heavy atom. The lowest BCUT2D eigenvalue weighted by Gasteiger charge is -2.11. The molecular formula is C18H16F3N5O. The summed E-state index contributed by atoms with van der Waals surface area (Å²) >= 11 is 0. The Labute approximate surface area is 153 Å². The second-order valence-electron chi connectivity index (χ2n) is 5.53. The van der Waals surface area contributed by atoms with Gasteiger partial charge in [-0.05, 0) is 24.3 Å². The van der Waals surface area contributed by atoms with Crippen LogP contribution in [0.2, 0.25) is 0 Å². The summed E-state index contributed by atoms with van der Waals surface area (Å²) < 4.78 is 43.7. The summed E-state index contributed by atoms with van der Waals surface area (Å²) in [5, 5.41) is 13.5. The average molecular weight is 375 g/mol. The maximum Gasteiger partial charge on any atom is 0.416 e. The molecule has 9 heteroatoms. The molecule has 0 aliphatic rings. The highest BCUT2D eigenvalue weighted by Gasteiger charge is 2.30. The normalized spacial score (nSPS) is 11.1. The van der Waals surface area contributed by atoms with Crippen LogP contribution in [0, 0.1) is 0 Å². The van der Waals surface area contributed by atoms with Crippen molar-refractivity contribution in [1.82, 2.24) is 15.2 Å². The second-order valence-corrected chi connectivity index (χ2v) is 5.53. The molecule has 0 radical (unpaired) electrons. The standard InChI is InChI=1S/C18H16F3N5O/c1-27-15-8-3-2-5-12(15)10-22-17-25-16(11-23-26-17)24-14-7-4-6-13(9-14)18(19,20)21/h2-9,11H,10H2,1H3,(H2,22,24,25,26). The molecule has 140 valence electrons. The zero-order valence-electron chi connectivity index (χ0n) is 14.3. The zero-order valence-corrected chi connectivity index (χ0v) is 14.3. The summed E-state index contributed by atoms with van der Waals surface area (Å²) in [5.74, 6) is 1.22. The average Bonchev–Trinajstić information content (AvgIpc) is 2.66. The quantitative estimate of drug-likeness (QED) is 0.671. The number of ether oxygens (including phenoxy) is 1. The Bertz CT molecular complexity index is 917. The molecule has 0 saturated carbocycles. The molecule has 0 aliphatic carbocycles. The molecule has 0 saturated heterocycles. The van der Waals surface area contributed by atoms with Gasteiger partial charge in [0.2, 0.25) is 5.95 Å². The molecule has 0 amide bonds. The van der Waals surface area contributed by atoms with Gasteiger partial charge in [-0.15, -0.1) is 5.10 Å². The Morgan fingerprint density at radius 2 is 1.89 bits per heavy atom. The van der Waals surface area contributed by atoms with Crippen LogP contribution in [0.1, 0.15) is 11.1 Å². The minimum Gasteiger partial charge on any atom is -0.496 e. The van der Waals surface area contributed by atoms with Crippen molar-refractivity contribution in [1.29, 1.82) is 0 Å². The predicted molar refractivity (Wildman–Crippen MR) is 94.9 cm³/mol. The molecule has 1 aromatic heterocycles. The number of methoxy groups -OCH3 is 1. The molecule has 6 nitrogen and oxygen atoms in total. The van der Waals surface area contributed by atoms with Crippen molar-refractivity contribution in [2.75, 3.05) is 17.7 Å². The summed E-state index contributed by atoms with van der Waals surface area (Å²) in [6.07, 6.45) is -3.09. The Balaban J connectivity index is 1.71. The van der Waals surface area contributed by atoms with Crippen molar-refractivity contribution >= 4 is 17.5 Å². The molecular weight excluding hydrogens is 359 g/mol. The Hall–Kier alpha value is -3.36.